The average molecular weight is 223 g/mol. The highest BCUT2D eigenvalue weighted by Crippen LogP contribution is 2.02. The van der Waals surface area contributed by atoms with Gasteiger partial charge < -0.3 is 5.32 Å². The van der Waals surface area contributed by atoms with E-state index in [0.717, 1.165) is 19.6 Å². The van der Waals surface area contributed by atoms with E-state index < -0.39 is 0 Å². The molecule has 1 rings (SSSR count). The Bertz CT molecular complexity index is 268. The monoisotopic (exact) mass is 223 g/mol. The fourth-order valence-electron chi connectivity index (χ4n) is 1.86. The topological polar surface area (TPSA) is 29.9 Å². The Morgan fingerprint density at radius 3 is 2.75 bits per heavy atom. The highest BCUT2D eigenvalue weighted by Gasteiger charge is 1.98. The minimum Gasteiger partial charge on any atom is -0.311 e. The van der Waals surface area contributed by atoms with E-state index in [0.29, 0.717) is 0 Å². The molecular weight excluding hydrogens is 198 g/mol. The molecule has 0 fully saturated rings. The molecule has 0 unspecified atom stereocenters. The Labute approximate surface area is 99.2 Å². The van der Waals surface area contributed by atoms with Crippen LogP contribution in [-0.4, -0.2) is 16.3 Å². The van der Waals surface area contributed by atoms with Gasteiger partial charge >= 0.3 is 0 Å². The molecule has 0 aliphatic heterocycles. The fraction of sp³-hybridized carbons (Fsp3) is 0.769. The molecule has 1 heterocycles. The summed E-state index contributed by atoms with van der Waals surface area (Å²) in [5.41, 5.74) is 1.29. The minimum atomic E-state index is 0.946. The number of hydrogen-bond donors (Lipinski definition) is 1. The largest absolute Gasteiger partial charge is 0.311 e. The summed E-state index contributed by atoms with van der Waals surface area (Å²) in [6.07, 6.45) is 8.60. The second-order valence-corrected chi connectivity index (χ2v) is 4.23. The fourth-order valence-corrected chi connectivity index (χ4v) is 1.86. The highest BCUT2D eigenvalue weighted by atomic mass is 15.3. The lowest BCUT2D eigenvalue weighted by atomic mass is 10.1. The van der Waals surface area contributed by atoms with Crippen LogP contribution in [0.15, 0.2) is 12.3 Å². The molecule has 1 aromatic rings. The molecule has 0 aliphatic carbocycles. The van der Waals surface area contributed by atoms with E-state index in [1.54, 1.807) is 0 Å². The normalized spacial score (nSPS) is 10.9. The standard InChI is InChI=1S/C13H25N3/c1-3-5-6-7-8-10-14-12-13-9-11-15-16(13)4-2/h9,11,14H,3-8,10,12H2,1-2H3. The SMILES string of the molecule is CCCCCCCNCc1ccnn1CC. The van der Waals surface area contributed by atoms with Gasteiger partial charge in [-0.3, -0.25) is 4.68 Å². The molecular formula is C13H25N3. The number of nitrogens with zero attached hydrogens (tertiary/aromatic N) is 2. The van der Waals surface area contributed by atoms with Crippen LogP contribution < -0.4 is 5.32 Å². The van der Waals surface area contributed by atoms with Crippen molar-refractivity contribution in [3.63, 3.8) is 0 Å². The maximum absolute atomic E-state index is 4.25. The van der Waals surface area contributed by atoms with Crippen molar-refractivity contribution in [3.05, 3.63) is 18.0 Å². The summed E-state index contributed by atoms with van der Waals surface area (Å²) < 4.78 is 2.05. The van der Waals surface area contributed by atoms with Crippen LogP contribution in [0.1, 0.15) is 51.6 Å². The molecule has 1 aromatic heterocycles. The van der Waals surface area contributed by atoms with Gasteiger partial charge in [-0.25, -0.2) is 0 Å². The van der Waals surface area contributed by atoms with E-state index in [-0.39, 0.29) is 0 Å². The first-order valence-electron chi connectivity index (χ1n) is 6.59. The van der Waals surface area contributed by atoms with Crippen LogP contribution in [0.2, 0.25) is 0 Å². The third-order valence-corrected chi connectivity index (χ3v) is 2.87. The summed E-state index contributed by atoms with van der Waals surface area (Å²) in [6, 6.07) is 2.09. The summed E-state index contributed by atoms with van der Waals surface area (Å²) in [4.78, 5) is 0. The Morgan fingerprint density at radius 1 is 1.19 bits per heavy atom. The molecule has 0 spiro atoms. The van der Waals surface area contributed by atoms with Gasteiger partial charge in [0.2, 0.25) is 0 Å². The third-order valence-electron chi connectivity index (χ3n) is 2.87. The van der Waals surface area contributed by atoms with Crippen molar-refractivity contribution in [2.24, 2.45) is 0 Å². The first-order chi connectivity index (χ1) is 7.88. The van der Waals surface area contributed by atoms with Crippen molar-refractivity contribution in [1.82, 2.24) is 15.1 Å². The second kappa shape index (κ2) is 8.34. The molecule has 0 amide bonds. The lowest BCUT2D eigenvalue weighted by Gasteiger charge is -2.06. The second-order valence-electron chi connectivity index (χ2n) is 4.23. The van der Waals surface area contributed by atoms with Crippen molar-refractivity contribution in [2.45, 2.75) is 59.0 Å². The van der Waals surface area contributed by atoms with Crippen molar-refractivity contribution in [2.75, 3.05) is 6.54 Å². The van der Waals surface area contributed by atoms with Crippen LogP contribution in [0.25, 0.3) is 0 Å². The van der Waals surface area contributed by atoms with E-state index in [9.17, 15) is 0 Å². The number of unbranched alkanes of at least 4 members (excludes halogenated alkanes) is 4. The molecule has 0 saturated carbocycles. The van der Waals surface area contributed by atoms with Gasteiger partial charge in [-0.05, 0) is 26.0 Å². The molecule has 0 atom stereocenters. The highest BCUT2D eigenvalue weighted by molar-refractivity contribution is 4.99. The zero-order valence-electron chi connectivity index (χ0n) is 10.7. The van der Waals surface area contributed by atoms with E-state index in [1.807, 2.05) is 10.9 Å². The van der Waals surface area contributed by atoms with Gasteiger partial charge in [-0.15, -0.1) is 0 Å². The van der Waals surface area contributed by atoms with Gasteiger partial charge in [-0.1, -0.05) is 32.6 Å². The predicted octanol–water partition coefficient (Wildman–Crippen LogP) is 2.96. The van der Waals surface area contributed by atoms with Gasteiger partial charge in [-0.2, -0.15) is 5.10 Å². The maximum atomic E-state index is 4.25. The first kappa shape index (κ1) is 13.2. The van der Waals surface area contributed by atoms with Crippen LogP contribution in [-0.2, 0) is 13.1 Å². The molecule has 0 saturated heterocycles. The molecule has 0 aromatic carbocycles. The smallest absolute Gasteiger partial charge is 0.0521 e. The average Bonchev–Trinajstić information content (AvgIpc) is 2.75. The summed E-state index contributed by atoms with van der Waals surface area (Å²) >= 11 is 0. The van der Waals surface area contributed by atoms with Crippen molar-refractivity contribution in [1.29, 1.82) is 0 Å². The molecule has 1 N–H and O–H groups in total. The summed E-state index contributed by atoms with van der Waals surface area (Å²) in [5, 5.41) is 7.73. The number of nitrogens with one attached hydrogen (secondary N) is 1. The lowest BCUT2D eigenvalue weighted by Crippen LogP contribution is -2.17. The Hall–Kier alpha value is -0.830. The quantitative estimate of drug-likeness (QED) is 0.652. The number of aryl methyl sites for hydroxylation is 1. The number of rotatable bonds is 9. The van der Waals surface area contributed by atoms with Gasteiger partial charge in [0.25, 0.3) is 0 Å². The van der Waals surface area contributed by atoms with Gasteiger partial charge in [0, 0.05) is 19.3 Å². The summed E-state index contributed by atoms with van der Waals surface area (Å²) in [7, 11) is 0. The molecule has 0 bridgehead atoms. The van der Waals surface area contributed by atoms with Crippen molar-refractivity contribution < 1.29 is 0 Å². The van der Waals surface area contributed by atoms with E-state index in [2.05, 4.69) is 30.3 Å². The summed E-state index contributed by atoms with van der Waals surface area (Å²) in [5.74, 6) is 0. The maximum Gasteiger partial charge on any atom is 0.0521 e. The molecule has 0 radical (unpaired) electrons. The minimum absolute atomic E-state index is 0.946. The van der Waals surface area contributed by atoms with Crippen LogP contribution in [0.5, 0.6) is 0 Å². The van der Waals surface area contributed by atoms with Crippen LogP contribution in [0, 0.1) is 0 Å². The van der Waals surface area contributed by atoms with Gasteiger partial charge in [0.15, 0.2) is 0 Å². The molecule has 3 nitrogen and oxygen atoms in total. The third kappa shape index (κ3) is 4.79. The number of hydrogen-bond acceptors (Lipinski definition) is 2. The van der Waals surface area contributed by atoms with Gasteiger partial charge in [0.05, 0.1) is 5.69 Å². The van der Waals surface area contributed by atoms with Gasteiger partial charge in [0.1, 0.15) is 0 Å². The lowest BCUT2D eigenvalue weighted by molar-refractivity contribution is 0.552. The molecule has 3 heteroatoms. The van der Waals surface area contributed by atoms with Crippen LogP contribution in [0.3, 0.4) is 0 Å². The molecule has 92 valence electrons. The molecule has 0 aliphatic rings. The summed E-state index contributed by atoms with van der Waals surface area (Å²) in [6.45, 7) is 7.41. The van der Waals surface area contributed by atoms with Crippen LogP contribution >= 0.6 is 0 Å². The van der Waals surface area contributed by atoms with Crippen molar-refractivity contribution >= 4 is 0 Å². The van der Waals surface area contributed by atoms with E-state index in [1.165, 1.54) is 37.8 Å². The molecule has 16 heavy (non-hydrogen) atoms. The predicted molar refractivity (Wildman–Crippen MR) is 68.4 cm³/mol. The first-order valence-corrected chi connectivity index (χ1v) is 6.59. The Kier molecular flexibility index (Phi) is 6.90. The zero-order valence-corrected chi connectivity index (χ0v) is 10.7. The zero-order chi connectivity index (χ0) is 11.6. The van der Waals surface area contributed by atoms with Crippen LogP contribution in [0.4, 0.5) is 0 Å². The van der Waals surface area contributed by atoms with Crippen molar-refractivity contribution in [3.8, 4) is 0 Å². The number of aromatic nitrogens is 2. The van der Waals surface area contributed by atoms with E-state index in [4.69, 9.17) is 0 Å². The Morgan fingerprint density at radius 2 is 2.00 bits per heavy atom. The van der Waals surface area contributed by atoms with E-state index >= 15 is 0 Å². The Balaban J connectivity index is 2.03.